The summed E-state index contributed by atoms with van der Waals surface area (Å²) in [6, 6.07) is 9.72. The van der Waals surface area contributed by atoms with Crippen molar-refractivity contribution >= 4 is 5.91 Å². The molecule has 130 valence electrons. The number of aromatic nitrogens is 1. The summed E-state index contributed by atoms with van der Waals surface area (Å²) in [5.41, 5.74) is 0.904. The second-order valence-electron chi connectivity index (χ2n) is 5.64. The van der Waals surface area contributed by atoms with Crippen molar-refractivity contribution < 1.29 is 14.6 Å². The number of methoxy groups -OCH3 is 1. The van der Waals surface area contributed by atoms with E-state index < -0.39 is 12.0 Å². The smallest absolute Gasteiger partial charge is 0.270 e. The van der Waals surface area contributed by atoms with Gasteiger partial charge in [-0.3, -0.25) is 9.59 Å². The minimum Gasteiger partial charge on any atom is -0.491 e. The minimum absolute atomic E-state index is 0.0466. The minimum atomic E-state index is -0.906. The number of likely N-dealkylation sites (N-methyl/N-ethyl adjacent to an activating group) is 1. The van der Waals surface area contributed by atoms with Crippen molar-refractivity contribution in [1.29, 1.82) is 5.26 Å². The van der Waals surface area contributed by atoms with Gasteiger partial charge in [0, 0.05) is 20.2 Å². The predicted octanol–water partition coefficient (Wildman–Crippen LogP) is 1.07. The molecule has 1 atom stereocenters. The van der Waals surface area contributed by atoms with Crippen LogP contribution in [0.2, 0.25) is 0 Å². The lowest BCUT2D eigenvalue weighted by molar-refractivity contribution is 0.0671. The maximum atomic E-state index is 12.6. The standard InChI is InChI=1S/C18H19N3O4/c1-20-11-17(25-3)15(22)8-14(20)18(24)21(2)10-16(23)13-6-4-12(9-19)5-7-13/h4-8,11,16,23H,10H2,1-3H3. The van der Waals surface area contributed by atoms with Crippen LogP contribution in [0.25, 0.3) is 0 Å². The number of carbonyl (C=O) groups excluding carboxylic acids is 1. The Morgan fingerprint density at radius 3 is 2.60 bits per heavy atom. The Morgan fingerprint density at radius 1 is 1.40 bits per heavy atom. The van der Waals surface area contributed by atoms with Gasteiger partial charge in [-0.25, -0.2) is 0 Å². The van der Waals surface area contributed by atoms with E-state index in [0.717, 1.165) is 0 Å². The first-order valence-corrected chi connectivity index (χ1v) is 7.55. The first-order chi connectivity index (χ1) is 11.9. The van der Waals surface area contributed by atoms with Crippen molar-refractivity contribution in [1.82, 2.24) is 9.47 Å². The van der Waals surface area contributed by atoms with E-state index in [1.54, 1.807) is 38.4 Å². The summed E-state index contributed by atoms with van der Waals surface area (Å²) in [6.07, 6.45) is 0.539. The van der Waals surface area contributed by atoms with Gasteiger partial charge >= 0.3 is 0 Å². The molecule has 0 fully saturated rings. The molecule has 0 saturated heterocycles. The summed E-state index contributed by atoms with van der Waals surface area (Å²) in [5.74, 6) is -0.241. The fourth-order valence-electron chi connectivity index (χ4n) is 2.40. The van der Waals surface area contributed by atoms with Gasteiger partial charge in [0.25, 0.3) is 5.91 Å². The normalized spacial score (nSPS) is 11.5. The number of aliphatic hydroxyl groups excluding tert-OH is 1. The summed E-state index contributed by atoms with van der Waals surface area (Å²) >= 11 is 0. The van der Waals surface area contributed by atoms with Gasteiger partial charge in [0.2, 0.25) is 5.43 Å². The maximum absolute atomic E-state index is 12.6. The van der Waals surface area contributed by atoms with E-state index >= 15 is 0 Å². The number of rotatable bonds is 5. The van der Waals surface area contributed by atoms with Crippen LogP contribution < -0.4 is 10.2 Å². The van der Waals surface area contributed by atoms with Gasteiger partial charge in [-0.05, 0) is 17.7 Å². The number of amides is 1. The number of pyridine rings is 1. The van der Waals surface area contributed by atoms with Crippen molar-refractivity contribution in [3.63, 3.8) is 0 Å². The third-order valence-electron chi connectivity index (χ3n) is 3.86. The fourth-order valence-corrected chi connectivity index (χ4v) is 2.40. The molecule has 2 aromatic rings. The molecule has 0 aliphatic heterocycles. The molecule has 1 unspecified atom stereocenters. The Labute approximate surface area is 145 Å². The van der Waals surface area contributed by atoms with Crippen LogP contribution in [0.1, 0.15) is 27.7 Å². The number of aliphatic hydroxyl groups is 1. The number of hydrogen-bond donors (Lipinski definition) is 1. The first-order valence-electron chi connectivity index (χ1n) is 7.55. The van der Waals surface area contributed by atoms with Gasteiger partial charge < -0.3 is 19.3 Å². The molecule has 7 nitrogen and oxygen atoms in total. The van der Waals surface area contributed by atoms with E-state index in [9.17, 15) is 14.7 Å². The molecular formula is C18H19N3O4. The summed E-state index contributed by atoms with van der Waals surface area (Å²) in [5, 5.41) is 19.1. The monoisotopic (exact) mass is 341 g/mol. The van der Waals surface area contributed by atoms with E-state index in [4.69, 9.17) is 10.00 Å². The van der Waals surface area contributed by atoms with Crippen molar-refractivity contribution in [3.05, 3.63) is 63.6 Å². The average molecular weight is 341 g/mol. The number of carbonyl (C=O) groups is 1. The van der Waals surface area contributed by atoms with Crippen molar-refractivity contribution in [2.45, 2.75) is 6.10 Å². The number of nitrogens with zero attached hydrogens (tertiary/aromatic N) is 3. The summed E-state index contributed by atoms with van der Waals surface area (Å²) in [4.78, 5) is 25.8. The zero-order valence-corrected chi connectivity index (χ0v) is 14.3. The Kier molecular flexibility index (Phi) is 5.57. The molecule has 1 N–H and O–H groups in total. The van der Waals surface area contributed by atoms with E-state index in [1.165, 1.54) is 28.8 Å². The molecule has 0 aliphatic carbocycles. The third kappa shape index (κ3) is 4.05. The maximum Gasteiger partial charge on any atom is 0.270 e. The van der Waals surface area contributed by atoms with Gasteiger partial charge in [0.15, 0.2) is 5.75 Å². The molecule has 25 heavy (non-hydrogen) atoms. The molecule has 1 aromatic carbocycles. The van der Waals surface area contributed by atoms with Crippen LogP contribution in [0.4, 0.5) is 0 Å². The van der Waals surface area contributed by atoms with Crippen LogP contribution in [0.3, 0.4) is 0 Å². The van der Waals surface area contributed by atoms with Crippen LogP contribution in [0, 0.1) is 11.3 Å². The lowest BCUT2D eigenvalue weighted by Crippen LogP contribution is -2.33. The van der Waals surface area contributed by atoms with Crippen molar-refractivity contribution in [2.24, 2.45) is 7.05 Å². The second-order valence-corrected chi connectivity index (χ2v) is 5.64. The lowest BCUT2D eigenvalue weighted by atomic mass is 10.1. The summed E-state index contributed by atoms with van der Waals surface area (Å²) in [6.45, 7) is 0.0466. The summed E-state index contributed by atoms with van der Waals surface area (Å²) in [7, 11) is 4.57. The highest BCUT2D eigenvalue weighted by Gasteiger charge is 2.19. The van der Waals surface area contributed by atoms with Crippen LogP contribution in [0.15, 0.2) is 41.3 Å². The Hall–Kier alpha value is -3.11. The number of ether oxygens (including phenoxy) is 1. The van der Waals surface area contributed by atoms with E-state index in [0.29, 0.717) is 11.1 Å². The zero-order valence-electron chi connectivity index (χ0n) is 14.3. The Bertz CT molecular complexity index is 865. The average Bonchev–Trinajstić information content (AvgIpc) is 2.62. The molecule has 0 spiro atoms. The molecule has 2 rings (SSSR count). The molecule has 0 bridgehead atoms. The quantitative estimate of drug-likeness (QED) is 0.878. The largest absolute Gasteiger partial charge is 0.491 e. The van der Waals surface area contributed by atoms with Crippen LogP contribution >= 0.6 is 0 Å². The van der Waals surface area contributed by atoms with E-state index in [-0.39, 0.29) is 23.4 Å². The molecule has 0 aliphatic rings. The second kappa shape index (κ2) is 7.64. The Morgan fingerprint density at radius 2 is 2.04 bits per heavy atom. The molecular weight excluding hydrogens is 322 g/mol. The topological polar surface area (TPSA) is 95.6 Å². The first kappa shape index (κ1) is 18.2. The predicted molar refractivity (Wildman–Crippen MR) is 91.3 cm³/mol. The number of nitriles is 1. The Balaban J connectivity index is 2.15. The van der Waals surface area contributed by atoms with Gasteiger partial charge in [-0.2, -0.15) is 5.26 Å². The highest BCUT2D eigenvalue weighted by atomic mass is 16.5. The third-order valence-corrected chi connectivity index (χ3v) is 3.86. The molecule has 1 amide bonds. The van der Waals surface area contributed by atoms with Gasteiger partial charge in [-0.15, -0.1) is 0 Å². The summed E-state index contributed by atoms with van der Waals surface area (Å²) < 4.78 is 6.45. The molecule has 7 heteroatoms. The highest BCUT2D eigenvalue weighted by Crippen LogP contribution is 2.16. The van der Waals surface area contributed by atoms with Crippen LogP contribution in [0.5, 0.6) is 5.75 Å². The van der Waals surface area contributed by atoms with Crippen molar-refractivity contribution in [2.75, 3.05) is 20.7 Å². The molecule has 1 aromatic heterocycles. The highest BCUT2D eigenvalue weighted by molar-refractivity contribution is 5.92. The molecule has 1 heterocycles. The molecule has 0 saturated carbocycles. The van der Waals surface area contributed by atoms with Gasteiger partial charge in [0.05, 0.1) is 37.6 Å². The van der Waals surface area contributed by atoms with E-state index in [1.807, 2.05) is 6.07 Å². The van der Waals surface area contributed by atoms with Gasteiger partial charge in [0.1, 0.15) is 5.69 Å². The number of benzene rings is 1. The lowest BCUT2D eigenvalue weighted by Gasteiger charge is -2.22. The van der Waals surface area contributed by atoms with Crippen LogP contribution in [-0.2, 0) is 7.05 Å². The van der Waals surface area contributed by atoms with E-state index in [2.05, 4.69) is 0 Å². The SMILES string of the molecule is COc1cn(C)c(C(=O)N(C)CC(O)c2ccc(C#N)cc2)cc1=O. The van der Waals surface area contributed by atoms with Gasteiger partial charge in [-0.1, -0.05) is 12.1 Å². The number of hydrogen-bond acceptors (Lipinski definition) is 5. The number of aryl methyl sites for hydroxylation is 1. The van der Waals surface area contributed by atoms with Crippen LogP contribution in [-0.4, -0.2) is 41.2 Å². The molecule has 0 radical (unpaired) electrons. The fraction of sp³-hybridized carbons (Fsp3) is 0.278. The van der Waals surface area contributed by atoms with Crippen molar-refractivity contribution in [3.8, 4) is 11.8 Å². The zero-order chi connectivity index (χ0) is 18.6.